The Morgan fingerprint density at radius 2 is 2.00 bits per heavy atom. The van der Waals surface area contributed by atoms with Crippen molar-refractivity contribution >= 4 is 17.7 Å². The first-order valence-electron chi connectivity index (χ1n) is 7.50. The first kappa shape index (κ1) is 17.2. The van der Waals surface area contributed by atoms with Crippen LogP contribution in [-0.4, -0.2) is 17.4 Å². The van der Waals surface area contributed by atoms with E-state index in [0.717, 1.165) is 11.3 Å². The minimum atomic E-state index is -0.469. The number of non-ortho nitro benzene ring substituents is 1. The van der Waals surface area contributed by atoms with E-state index in [2.05, 4.69) is 5.32 Å². The summed E-state index contributed by atoms with van der Waals surface area (Å²) in [6.07, 6.45) is 2.90. The van der Waals surface area contributed by atoms with Crippen molar-refractivity contribution in [3.63, 3.8) is 0 Å². The van der Waals surface area contributed by atoms with Crippen LogP contribution in [0.1, 0.15) is 18.1 Å². The third kappa shape index (κ3) is 5.24. The summed E-state index contributed by atoms with van der Waals surface area (Å²) in [5, 5.41) is 13.5. The number of carbonyl (C=O) groups is 1. The van der Waals surface area contributed by atoms with E-state index in [1.54, 1.807) is 18.2 Å². The van der Waals surface area contributed by atoms with Crippen LogP contribution in [0.5, 0.6) is 5.75 Å². The molecule has 0 aromatic heterocycles. The molecule has 1 N–H and O–H groups in total. The first-order valence-corrected chi connectivity index (χ1v) is 7.50. The first-order chi connectivity index (χ1) is 11.6. The summed E-state index contributed by atoms with van der Waals surface area (Å²) in [6, 6.07) is 13.6. The number of benzene rings is 2. The van der Waals surface area contributed by atoms with E-state index in [4.69, 9.17) is 4.74 Å². The van der Waals surface area contributed by atoms with Gasteiger partial charge in [0.05, 0.1) is 11.5 Å². The van der Waals surface area contributed by atoms with Gasteiger partial charge in [-0.25, -0.2) is 0 Å². The Kier molecular flexibility index (Phi) is 6.08. The highest BCUT2D eigenvalue weighted by Crippen LogP contribution is 2.14. The van der Waals surface area contributed by atoms with Crippen molar-refractivity contribution in [2.45, 2.75) is 13.5 Å². The molecule has 0 saturated carbocycles. The molecule has 2 aromatic carbocycles. The van der Waals surface area contributed by atoms with Gasteiger partial charge in [-0.1, -0.05) is 24.3 Å². The SMILES string of the molecule is CCOc1ccc(CNC(=O)/C=C/c2cccc([N+](=O)[O-])c2)cc1. The number of nitrogens with one attached hydrogen (secondary N) is 1. The Labute approximate surface area is 139 Å². The molecule has 0 radical (unpaired) electrons. The van der Waals surface area contributed by atoms with Crippen molar-refractivity contribution in [2.75, 3.05) is 6.61 Å². The molecule has 124 valence electrons. The molecule has 0 heterocycles. The predicted molar refractivity (Wildman–Crippen MR) is 91.6 cm³/mol. The highest BCUT2D eigenvalue weighted by molar-refractivity contribution is 5.91. The van der Waals surface area contributed by atoms with Crippen molar-refractivity contribution in [2.24, 2.45) is 0 Å². The number of nitro groups is 1. The van der Waals surface area contributed by atoms with Gasteiger partial charge in [0.15, 0.2) is 0 Å². The summed E-state index contributed by atoms with van der Waals surface area (Å²) < 4.78 is 5.35. The van der Waals surface area contributed by atoms with Crippen LogP contribution in [-0.2, 0) is 11.3 Å². The molecule has 0 aliphatic carbocycles. The molecule has 0 fully saturated rings. The average molecular weight is 326 g/mol. The second kappa shape index (κ2) is 8.47. The maximum Gasteiger partial charge on any atom is 0.270 e. The summed E-state index contributed by atoms with van der Waals surface area (Å²) in [5.74, 6) is 0.522. The molecule has 2 rings (SSSR count). The lowest BCUT2D eigenvalue weighted by Gasteiger charge is -2.05. The predicted octanol–water partition coefficient (Wildman–Crippen LogP) is 3.32. The molecule has 0 aliphatic rings. The number of nitrogens with zero attached hydrogens (tertiary/aromatic N) is 1. The minimum absolute atomic E-state index is 0.00746. The number of hydrogen-bond donors (Lipinski definition) is 1. The monoisotopic (exact) mass is 326 g/mol. The van der Waals surface area contributed by atoms with Gasteiger partial charge < -0.3 is 10.1 Å². The molecule has 2 aromatic rings. The lowest BCUT2D eigenvalue weighted by Crippen LogP contribution is -2.20. The van der Waals surface area contributed by atoms with Gasteiger partial charge in [0.25, 0.3) is 5.69 Å². The van der Waals surface area contributed by atoms with E-state index in [1.165, 1.54) is 18.2 Å². The third-order valence-corrected chi connectivity index (χ3v) is 3.21. The summed E-state index contributed by atoms with van der Waals surface area (Å²) in [5.41, 5.74) is 1.54. The average Bonchev–Trinajstić information content (AvgIpc) is 2.60. The molecule has 1 amide bonds. The maximum atomic E-state index is 11.8. The van der Waals surface area contributed by atoms with Crippen molar-refractivity contribution in [3.8, 4) is 5.75 Å². The second-order valence-electron chi connectivity index (χ2n) is 4.98. The topological polar surface area (TPSA) is 81.5 Å². The standard InChI is InChI=1S/C18H18N2O4/c1-2-24-17-9-6-15(7-10-17)13-19-18(21)11-8-14-4-3-5-16(12-14)20(22)23/h3-12H,2,13H2,1H3,(H,19,21)/b11-8+. The smallest absolute Gasteiger partial charge is 0.270 e. The molecule has 0 aliphatic heterocycles. The Hall–Kier alpha value is -3.15. The van der Waals surface area contributed by atoms with Crippen molar-refractivity contribution in [3.05, 3.63) is 75.8 Å². The normalized spacial score (nSPS) is 10.5. The van der Waals surface area contributed by atoms with Gasteiger partial charge >= 0.3 is 0 Å². The Morgan fingerprint density at radius 3 is 2.67 bits per heavy atom. The summed E-state index contributed by atoms with van der Waals surface area (Å²) in [6.45, 7) is 2.92. The zero-order valence-corrected chi connectivity index (χ0v) is 13.3. The van der Waals surface area contributed by atoms with Crippen LogP contribution in [0, 0.1) is 10.1 Å². The molecule has 24 heavy (non-hydrogen) atoms. The number of ether oxygens (including phenoxy) is 1. The van der Waals surface area contributed by atoms with E-state index >= 15 is 0 Å². The van der Waals surface area contributed by atoms with Gasteiger partial charge in [-0.3, -0.25) is 14.9 Å². The third-order valence-electron chi connectivity index (χ3n) is 3.21. The van der Waals surface area contributed by atoms with Gasteiger partial charge in [-0.2, -0.15) is 0 Å². The van der Waals surface area contributed by atoms with Crippen LogP contribution in [0.15, 0.2) is 54.6 Å². The van der Waals surface area contributed by atoms with E-state index in [9.17, 15) is 14.9 Å². The number of rotatable bonds is 7. The van der Waals surface area contributed by atoms with Crippen molar-refractivity contribution in [1.82, 2.24) is 5.32 Å². The van der Waals surface area contributed by atoms with Crippen LogP contribution in [0.4, 0.5) is 5.69 Å². The Balaban J connectivity index is 1.88. The molecule has 0 spiro atoms. The van der Waals surface area contributed by atoms with Crippen LogP contribution in [0.25, 0.3) is 6.08 Å². The van der Waals surface area contributed by atoms with Gasteiger partial charge in [-0.05, 0) is 36.3 Å². The lowest BCUT2D eigenvalue weighted by molar-refractivity contribution is -0.384. The largest absolute Gasteiger partial charge is 0.494 e. The van der Waals surface area contributed by atoms with Gasteiger partial charge in [0.2, 0.25) is 5.91 Å². The number of carbonyl (C=O) groups excluding carboxylic acids is 1. The zero-order valence-electron chi connectivity index (χ0n) is 13.3. The molecular weight excluding hydrogens is 308 g/mol. The molecular formula is C18H18N2O4. The Bertz CT molecular complexity index is 739. The quantitative estimate of drug-likeness (QED) is 0.481. The molecule has 6 heteroatoms. The highest BCUT2D eigenvalue weighted by atomic mass is 16.6. The van der Waals surface area contributed by atoms with Crippen LogP contribution in [0.3, 0.4) is 0 Å². The highest BCUT2D eigenvalue weighted by Gasteiger charge is 2.04. The summed E-state index contributed by atoms with van der Waals surface area (Å²) in [7, 11) is 0. The molecule has 0 bridgehead atoms. The molecule has 0 unspecified atom stereocenters. The van der Waals surface area contributed by atoms with Crippen LogP contribution >= 0.6 is 0 Å². The van der Waals surface area contributed by atoms with E-state index in [1.807, 2.05) is 31.2 Å². The summed E-state index contributed by atoms with van der Waals surface area (Å²) >= 11 is 0. The molecule has 6 nitrogen and oxygen atoms in total. The van der Waals surface area contributed by atoms with Gasteiger partial charge in [-0.15, -0.1) is 0 Å². The minimum Gasteiger partial charge on any atom is -0.494 e. The van der Waals surface area contributed by atoms with Gasteiger partial charge in [0.1, 0.15) is 5.75 Å². The van der Waals surface area contributed by atoms with E-state index in [0.29, 0.717) is 18.7 Å². The van der Waals surface area contributed by atoms with Crippen molar-refractivity contribution in [1.29, 1.82) is 0 Å². The van der Waals surface area contributed by atoms with Crippen LogP contribution in [0.2, 0.25) is 0 Å². The fraction of sp³-hybridized carbons (Fsp3) is 0.167. The lowest BCUT2D eigenvalue weighted by atomic mass is 10.2. The van der Waals surface area contributed by atoms with E-state index < -0.39 is 4.92 Å². The molecule has 0 atom stereocenters. The fourth-order valence-electron chi connectivity index (χ4n) is 2.03. The van der Waals surface area contributed by atoms with Crippen molar-refractivity contribution < 1.29 is 14.5 Å². The number of nitro benzene ring substituents is 1. The second-order valence-corrected chi connectivity index (χ2v) is 4.98. The zero-order chi connectivity index (χ0) is 17.4. The number of hydrogen-bond acceptors (Lipinski definition) is 4. The van der Waals surface area contributed by atoms with E-state index in [-0.39, 0.29) is 11.6 Å². The Morgan fingerprint density at radius 1 is 1.25 bits per heavy atom. The maximum absolute atomic E-state index is 11.8. The van der Waals surface area contributed by atoms with Crippen LogP contribution < -0.4 is 10.1 Å². The van der Waals surface area contributed by atoms with Gasteiger partial charge in [0, 0.05) is 24.8 Å². The molecule has 0 saturated heterocycles. The number of amides is 1. The summed E-state index contributed by atoms with van der Waals surface area (Å²) in [4.78, 5) is 22.1. The fourth-order valence-corrected chi connectivity index (χ4v) is 2.03.